The van der Waals surface area contributed by atoms with Gasteiger partial charge in [0.25, 0.3) is 0 Å². The highest BCUT2D eigenvalue weighted by molar-refractivity contribution is 5.83. The van der Waals surface area contributed by atoms with Crippen LogP contribution in [0.1, 0.15) is 13.8 Å². The molecule has 82 valence electrons. The maximum Gasteiger partial charge on any atom is 0.241 e. The van der Waals surface area contributed by atoms with Crippen LogP contribution >= 0.6 is 0 Å². The van der Waals surface area contributed by atoms with E-state index in [2.05, 4.69) is 24.1 Å². The van der Waals surface area contributed by atoms with Crippen LogP contribution in [0.4, 0.5) is 0 Å². The van der Waals surface area contributed by atoms with Gasteiger partial charge in [-0.3, -0.25) is 9.69 Å². The average molecular weight is 199 g/mol. The van der Waals surface area contributed by atoms with Crippen LogP contribution < -0.4 is 5.32 Å². The lowest BCUT2D eigenvalue weighted by molar-refractivity contribution is -0.145. The summed E-state index contributed by atoms with van der Waals surface area (Å²) in [6.07, 6.45) is 0. The zero-order chi connectivity index (χ0) is 10.9. The van der Waals surface area contributed by atoms with Crippen molar-refractivity contribution in [3.05, 3.63) is 0 Å². The van der Waals surface area contributed by atoms with Gasteiger partial charge in [-0.05, 0) is 27.9 Å². The number of piperazine rings is 1. The molecule has 0 bridgehead atoms. The molecule has 0 saturated carbocycles. The quantitative estimate of drug-likeness (QED) is 0.666. The minimum atomic E-state index is -0.0336. The fourth-order valence-corrected chi connectivity index (χ4v) is 2.03. The van der Waals surface area contributed by atoms with Gasteiger partial charge in [0.1, 0.15) is 6.04 Å². The molecule has 0 radical (unpaired) electrons. The van der Waals surface area contributed by atoms with Crippen LogP contribution in [0, 0.1) is 0 Å². The SMILES string of the molecule is CNCC1C(=O)N(C)CC(C)(C)N1C. The maximum absolute atomic E-state index is 11.9. The van der Waals surface area contributed by atoms with Crippen molar-refractivity contribution in [1.29, 1.82) is 0 Å². The van der Waals surface area contributed by atoms with Gasteiger partial charge < -0.3 is 10.2 Å². The van der Waals surface area contributed by atoms with Crippen LogP contribution in [0.15, 0.2) is 0 Å². The Morgan fingerprint density at radius 2 is 2.07 bits per heavy atom. The highest BCUT2D eigenvalue weighted by Gasteiger charge is 2.40. The zero-order valence-electron chi connectivity index (χ0n) is 9.79. The van der Waals surface area contributed by atoms with Crippen molar-refractivity contribution < 1.29 is 4.79 Å². The Morgan fingerprint density at radius 1 is 1.50 bits per heavy atom. The highest BCUT2D eigenvalue weighted by atomic mass is 16.2. The van der Waals surface area contributed by atoms with Gasteiger partial charge in [0.05, 0.1) is 0 Å². The van der Waals surface area contributed by atoms with Crippen LogP contribution in [-0.2, 0) is 4.79 Å². The summed E-state index contributed by atoms with van der Waals surface area (Å²) in [5, 5.41) is 3.07. The first-order valence-electron chi connectivity index (χ1n) is 5.02. The second kappa shape index (κ2) is 3.87. The summed E-state index contributed by atoms with van der Waals surface area (Å²) in [5.41, 5.74) is 0.0597. The van der Waals surface area contributed by atoms with Crippen molar-refractivity contribution in [2.24, 2.45) is 0 Å². The largest absolute Gasteiger partial charge is 0.343 e. The van der Waals surface area contributed by atoms with Crippen LogP contribution in [-0.4, -0.2) is 61.5 Å². The van der Waals surface area contributed by atoms with Crippen molar-refractivity contribution in [3.8, 4) is 0 Å². The normalized spacial score (nSPS) is 28.2. The van der Waals surface area contributed by atoms with Gasteiger partial charge in [-0.1, -0.05) is 0 Å². The van der Waals surface area contributed by atoms with E-state index in [9.17, 15) is 4.79 Å². The first-order valence-corrected chi connectivity index (χ1v) is 5.02. The number of nitrogens with one attached hydrogen (secondary N) is 1. The van der Waals surface area contributed by atoms with Crippen LogP contribution in [0.3, 0.4) is 0 Å². The number of nitrogens with zero attached hydrogens (tertiary/aromatic N) is 2. The summed E-state index contributed by atoms with van der Waals surface area (Å²) in [7, 11) is 5.77. The lowest BCUT2D eigenvalue weighted by Crippen LogP contribution is -2.66. The standard InChI is InChI=1S/C10H21N3O/c1-10(2)7-12(4)9(14)8(6-11-3)13(10)5/h8,11H,6-7H2,1-5H3. The number of carbonyl (C=O) groups is 1. The Bertz CT molecular complexity index is 227. The Hall–Kier alpha value is -0.610. The molecule has 0 aromatic carbocycles. The van der Waals surface area contributed by atoms with Gasteiger partial charge in [0.15, 0.2) is 0 Å². The molecule has 1 aliphatic heterocycles. The molecule has 1 N–H and O–H groups in total. The fraction of sp³-hybridized carbons (Fsp3) is 0.900. The minimum absolute atomic E-state index is 0.0336. The summed E-state index contributed by atoms with van der Waals surface area (Å²) in [6.45, 7) is 5.84. The summed E-state index contributed by atoms with van der Waals surface area (Å²) < 4.78 is 0. The molecule has 4 heteroatoms. The number of likely N-dealkylation sites (N-methyl/N-ethyl adjacent to an activating group) is 3. The van der Waals surface area contributed by atoms with E-state index in [1.807, 2.05) is 26.0 Å². The monoisotopic (exact) mass is 199 g/mol. The third-order valence-corrected chi connectivity index (χ3v) is 3.11. The number of carbonyl (C=O) groups excluding carboxylic acids is 1. The van der Waals surface area contributed by atoms with Gasteiger partial charge in [-0.2, -0.15) is 0 Å². The molecule has 1 amide bonds. The van der Waals surface area contributed by atoms with Crippen LogP contribution in [0.25, 0.3) is 0 Å². The molecule has 0 aromatic heterocycles. The molecule has 0 aliphatic carbocycles. The molecule has 1 atom stereocenters. The van der Waals surface area contributed by atoms with Crippen molar-refractivity contribution in [3.63, 3.8) is 0 Å². The molecule has 1 unspecified atom stereocenters. The van der Waals surface area contributed by atoms with Crippen molar-refractivity contribution in [2.75, 3.05) is 34.2 Å². The second-order valence-corrected chi connectivity index (χ2v) is 4.69. The summed E-state index contributed by atoms with van der Waals surface area (Å²) >= 11 is 0. The van der Waals surface area contributed by atoms with Gasteiger partial charge in [-0.15, -0.1) is 0 Å². The van der Waals surface area contributed by atoms with E-state index >= 15 is 0 Å². The lowest BCUT2D eigenvalue weighted by Gasteiger charge is -2.48. The third-order valence-electron chi connectivity index (χ3n) is 3.11. The molecular weight excluding hydrogens is 178 g/mol. The van der Waals surface area contributed by atoms with E-state index < -0.39 is 0 Å². The second-order valence-electron chi connectivity index (χ2n) is 4.69. The van der Waals surface area contributed by atoms with E-state index in [1.54, 1.807) is 0 Å². The van der Waals surface area contributed by atoms with Gasteiger partial charge in [-0.25, -0.2) is 0 Å². The van der Waals surface area contributed by atoms with E-state index in [0.29, 0.717) is 6.54 Å². The van der Waals surface area contributed by atoms with Crippen molar-refractivity contribution >= 4 is 5.91 Å². The van der Waals surface area contributed by atoms with E-state index in [-0.39, 0.29) is 17.5 Å². The van der Waals surface area contributed by atoms with E-state index in [1.165, 1.54) is 0 Å². The smallest absolute Gasteiger partial charge is 0.241 e. The third kappa shape index (κ3) is 1.91. The van der Waals surface area contributed by atoms with Crippen LogP contribution in [0.2, 0.25) is 0 Å². The molecule has 4 nitrogen and oxygen atoms in total. The predicted octanol–water partition coefficient (Wildman–Crippen LogP) is -0.243. The number of hydrogen-bond acceptors (Lipinski definition) is 3. The molecule has 1 rings (SSSR count). The summed E-state index contributed by atoms with van der Waals surface area (Å²) in [4.78, 5) is 15.8. The van der Waals surface area contributed by atoms with E-state index in [4.69, 9.17) is 0 Å². The molecular formula is C10H21N3O. The predicted molar refractivity (Wildman–Crippen MR) is 57.2 cm³/mol. The van der Waals surface area contributed by atoms with Crippen molar-refractivity contribution in [1.82, 2.24) is 15.1 Å². The Kier molecular flexibility index (Phi) is 3.17. The maximum atomic E-state index is 11.9. The topological polar surface area (TPSA) is 35.6 Å². The van der Waals surface area contributed by atoms with Gasteiger partial charge in [0.2, 0.25) is 5.91 Å². The number of amides is 1. The number of hydrogen-bond donors (Lipinski definition) is 1. The summed E-state index contributed by atoms with van der Waals surface area (Å²) in [5.74, 6) is 0.209. The molecule has 1 aliphatic rings. The Morgan fingerprint density at radius 3 is 2.57 bits per heavy atom. The fourth-order valence-electron chi connectivity index (χ4n) is 2.03. The van der Waals surface area contributed by atoms with Crippen LogP contribution in [0.5, 0.6) is 0 Å². The zero-order valence-corrected chi connectivity index (χ0v) is 9.79. The lowest BCUT2D eigenvalue weighted by atomic mass is 9.95. The molecule has 1 heterocycles. The van der Waals surface area contributed by atoms with Gasteiger partial charge >= 0.3 is 0 Å². The molecule has 0 aromatic rings. The molecule has 1 fully saturated rings. The van der Waals surface area contributed by atoms with E-state index in [0.717, 1.165) is 6.54 Å². The highest BCUT2D eigenvalue weighted by Crippen LogP contribution is 2.22. The van der Waals surface area contributed by atoms with Gasteiger partial charge in [0, 0.05) is 25.7 Å². The number of rotatable bonds is 2. The van der Waals surface area contributed by atoms with Crippen molar-refractivity contribution in [2.45, 2.75) is 25.4 Å². The first-order chi connectivity index (χ1) is 6.40. The Balaban J connectivity index is 2.84. The first kappa shape index (κ1) is 11.5. The molecule has 1 saturated heterocycles. The average Bonchev–Trinajstić information content (AvgIpc) is 2.09. The Labute approximate surface area is 86.2 Å². The molecule has 14 heavy (non-hydrogen) atoms. The minimum Gasteiger partial charge on any atom is -0.343 e. The molecule has 0 spiro atoms. The summed E-state index contributed by atoms with van der Waals surface area (Å²) in [6, 6.07) is -0.0336.